The Morgan fingerprint density at radius 1 is 1.17 bits per heavy atom. The molecule has 1 aromatic carbocycles. The molecule has 134 valence electrons. The summed E-state index contributed by atoms with van der Waals surface area (Å²) in [5.74, 6) is -0.0825. The number of aryl methyl sites for hydroxylation is 2. The van der Waals surface area contributed by atoms with Crippen LogP contribution < -0.4 is 4.31 Å². The lowest BCUT2D eigenvalue weighted by molar-refractivity contribution is -0.133. The fourth-order valence-corrected chi connectivity index (χ4v) is 4.43. The first-order valence-electron chi connectivity index (χ1n) is 8.61. The molecule has 0 unspecified atom stereocenters. The maximum absolute atomic E-state index is 13.0. The number of hydrogen-bond donors (Lipinski definition) is 0. The summed E-state index contributed by atoms with van der Waals surface area (Å²) in [5.41, 5.74) is 2.68. The van der Waals surface area contributed by atoms with E-state index in [4.69, 9.17) is 0 Å². The van der Waals surface area contributed by atoms with Crippen LogP contribution in [0.1, 0.15) is 43.7 Å². The molecule has 1 aromatic rings. The van der Waals surface area contributed by atoms with Crippen LogP contribution in [0.5, 0.6) is 0 Å². The van der Waals surface area contributed by atoms with Crippen LogP contribution in [0.3, 0.4) is 0 Å². The predicted octanol–water partition coefficient (Wildman–Crippen LogP) is 2.86. The van der Waals surface area contributed by atoms with Gasteiger partial charge in [-0.15, -0.1) is 0 Å². The van der Waals surface area contributed by atoms with Gasteiger partial charge in [0.1, 0.15) is 6.04 Å². The minimum absolute atomic E-state index is 0.0825. The summed E-state index contributed by atoms with van der Waals surface area (Å²) in [5, 5.41) is 0. The van der Waals surface area contributed by atoms with Crippen molar-refractivity contribution in [3.8, 4) is 0 Å². The second-order valence-corrected chi connectivity index (χ2v) is 8.50. The van der Waals surface area contributed by atoms with Gasteiger partial charge in [-0.2, -0.15) is 0 Å². The van der Waals surface area contributed by atoms with E-state index in [0.29, 0.717) is 12.1 Å². The average Bonchev–Trinajstić information content (AvgIpc) is 2.54. The summed E-state index contributed by atoms with van der Waals surface area (Å²) in [4.78, 5) is 14.8. The third-order valence-electron chi connectivity index (χ3n) is 4.72. The van der Waals surface area contributed by atoms with E-state index in [1.54, 1.807) is 6.07 Å². The van der Waals surface area contributed by atoms with E-state index in [9.17, 15) is 13.2 Å². The van der Waals surface area contributed by atoms with Gasteiger partial charge in [-0.1, -0.05) is 13.0 Å². The Morgan fingerprint density at radius 2 is 1.79 bits per heavy atom. The largest absolute Gasteiger partial charge is 0.341 e. The average molecular weight is 353 g/mol. The molecule has 1 aliphatic rings. The van der Waals surface area contributed by atoms with Gasteiger partial charge in [-0.05, 0) is 62.8 Å². The number of piperidine rings is 1. The van der Waals surface area contributed by atoms with E-state index in [2.05, 4.69) is 0 Å². The quantitative estimate of drug-likeness (QED) is 0.819. The van der Waals surface area contributed by atoms with Crippen LogP contribution in [0.25, 0.3) is 0 Å². The number of anilines is 1. The zero-order chi connectivity index (χ0) is 17.9. The minimum Gasteiger partial charge on any atom is -0.341 e. The molecule has 0 spiro atoms. The summed E-state index contributed by atoms with van der Waals surface area (Å²) in [7, 11) is -3.56. The van der Waals surface area contributed by atoms with E-state index in [1.807, 2.05) is 37.8 Å². The molecule has 1 aliphatic heterocycles. The second kappa shape index (κ2) is 7.55. The number of hydrogen-bond acceptors (Lipinski definition) is 3. The first kappa shape index (κ1) is 18.8. The van der Waals surface area contributed by atoms with Gasteiger partial charge in [0, 0.05) is 13.1 Å². The van der Waals surface area contributed by atoms with Crippen molar-refractivity contribution in [2.24, 2.45) is 0 Å². The summed E-state index contributed by atoms with van der Waals surface area (Å²) in [6.07, 6.45) is 4.74. The summed E-state index contributed by atoms with van der Waals surface area (Å²) >= 11 is 0. The lowest BCUT2D eigenvalue weighted by atomic mass is 10.1. The number of carbonyl (C=O) groups is 1. The van der Waals surface area contributed by atoms with Gasteiger partial charge in [-0.3, -0.25) is 9.10 Å². The monoisotopic (exact) mass is 352 g/mol. The zero-order valence-electron chi connectivity index (χ0n) is 15.1. The van der Waals surface area contributed by atoms with Crippen LogP contribution in [-0.4, -0.2) is 44.6 Å². The molecule has 1 atom stereocenters. The topological polar surface area (TPSA) is 57.7 Å². The predicted molar refractivity (Wildman–Crippen MR) is 97.7 cm³/mol. The van der Waals surface area contributed by atoms with Gasteiger partial charge in [-0.25, -0.2) is 8.42 Å². The van der Waals surface area contributed by atoms with Crippen LogP contribution in [0.2, 0.25) is 0 Å². The number of amides is 1. The van der Waals surface area contributed by atoms with Crippen LogP contribution in [0.15, 0.2) is 18.2 Å². The minimum atomic E-state index is -3.56. The van der Waals surface area contributed by atoms with Crippen molar-refractivity contribution in [1.29, 1.82) is 0 Å². The normalized spacial score (nSPS) is 16.8. The highest BCUT2D eigenvalue weighted by Crippen LogP contribution is 2.26. The SMILES string of the molecule is CC[C@@H](C(=O)N1CCCCC1)N(c1ccc(C)c(C)c1)S(C)(=O)=O. The fraction of sp³-hybridized carbons (Fsp3) is 0.611. The number of rotatable bonds is 5. The third kappa shape index (κ3) is 4.09. The Hall–Kier alpha value is -1.56. The van der Waals surface area contributed by atoms with Gasteiger partial charge in [0.2, 0.25) is 15.9 Å². The Bertz CT molecular complexity index is 694. The number of carbonyl (C=O) groups excluding carboxylic acids is 1. The van der Waals surface area contributed by atoms with E-state index in [1.165, 1.54) is 10.6 Å². The van der Waals surface area contributed by atoms with Crippen LogP contribution in [0.4, 0.5) is 5.69 Å². The first-order chi connectivity index (χ1) is 11.3. The number of nitrogens with zero attached hydrogens (tertiary/aromatic N) is 2. The molecule has 1 saturated heterocycles. The molecule has 1 amide bonds. The highest BCUT2D eigenvalue weighted by atomic mass is 32.2. The Kier molecular flexibility index (Phi) is 5.91. The molecule has 2 rings (SSSR count). The van der Waals surface area contributed by atoms with Gasteiger partial charge < -0.3 is 4.90 Å². The molecule has 1 heterocycles. The van der Waals surface area contributed by atoms with Crippen molar-refractivity contribution in [3.05, 3.63) is 29.3 Å². The van der Waals surface area contributed by atoms with E-state index in [-0.39, 0.29) is 5.91 Å². The summed E-state index contributed by atoms with van der Waals surface area (Å²) < 4.78 is 26.2. The number of sulfonamides is 1. The van der Waals surface area contributed by atoms with Gasteiger partial charge in [0.25, 0.3) is 0 Å². The lowest BCUT2D eigenvalue weighted by Crippen LogP contribution is -2.51. The molecule has 0 saturated carbocycles. The highest BCUT2D eigenvalue weighted by molar-refractivity contribution is 7.92. The van der Waals surface area contributed by atoms with Crippen molar-refractivity contribution in [1.82, 2.24) is 4.90 Å². The van der Waals surface area contributed by atoms with Crippen LogP contribution in [-0.2, 0) is 14.8 Å². The van der Waals surface area contributed by atoms with E-state index < -0.39 is 16.1 Å². The van der Waals surface area contributed by atoms with Crippen molar-refractivity contribution in [2.45, 2.75) is 52.5 Å². The van der Waals surface area contributed by atoms with Crippen molar-refractivity contribution in [3.63, 3.8) is 0 Å². The molecule has 0 radical (unpaired) electrons. The molecule has 5 nitrogen and oxygen atoms in total. The number of likely N-dealkylation sites (tertiary alicyclic amines) is 1. The van der Waals surface area contributed by atoms with E-state index in [0.717, 1.165) is 43.5 Å². The van der Waals surface area contributed by atoms with Gasteiger partial charge in [0.15, 0.2) is 0 Å². The van der Waals surface area contributed by atoms with Crippen molar-refractivity contribution < 1.29 is 13.2 Å². The smallest absolute Gasteiger partial charge is 0.246 e. The van der Waals surface area contributed by atoms with Crippen LogP contribution in [0, 0.1) is 13.8 Å². The molecule has 0 aromatic heterocycles. The molecule has 0 N–H and O–H groups in total. The maximum Gasteiger partial charge on any atom is 0.246 e. The highest BCUT2D eigenvalue weighted by Gasteiger charge is 2.34. The third-order valence-corrected chi connectivity index (χ3v) is 5.90. The lowest BCUT2D eigenvalue weighted by Gasteiger charge is -2.35. The summed E-state index contributed by atoms with van der Waals surface area (Å²) in [6, 6.07) is 4.86. The standard InChI is InChI=1S/C18H28N2O3S/c1-5-17(18(21)19-11-7-6-8-12-19)20(24(4,22)23)16-10-9-14(2)15(3)13-16/h9-10,13,17H,5-8,11-12H2,1-4H3/t17-/m0/s1. The molecule has 0 bridgehead atoms. The zero-order valence-corrected chi connectivity index (χ0v) is 15.9. The first-order valence-corrected chi connectivity index (χ1v) is 10.5. The molecular formula is C18H28N2O3S. The molecule has 6 heteroatoms. The van der Waals surface area contributed by atoms with Gasteiger partial charge >= 0.3 is 0 Å². The molecule has 1 fully saturated rings. The van der Waals surface area contributed by atoms with Gasteiger partial charge in [0.05, 0.1) is 11.9 Å². The van der Waals surface area contributed by atoms with Crippen LogP contribution >= 0.6 is 0 Å². The maximum atomic E-state index is 13.0. The fourth-order valence-electron chi connectivity index (χ4n) is 3.23. The molecular weight excluding hydrogens is 324 g/mol. The second-order valence-electron chi connectivity index (χ2n) is 6.64. The summed E-state index contributed by atoms with van der Waals surface area (Å²) in [6.45, 7) is 7.25. The van der Waals surface area contributed by atoms with Crippen molar-refractivity contribution in [2.75, 3.05) is 23.7 Å². The Labute approximate surface area is 145 Å². The van der Waals surface area contributed by atoms with Crippen molar-refractivity contribution >= 4 is 21.6 Å². The molecule has 0 aliphatic carbocycles. The molecule has 24 heavy (non-hydrogen) atoms. The van der Waals surface area contributed by atoms with E-state index >= 15 is 0 Å². The Balaban J connectivity index is 2.41. The number of benzene rings is 1. The Morgan fingerprint density at radius 3 is 2.29 bits per heavy atom.